The zero-order valence-corrected chi connectivity index (χ0v) is 29.1. The van der Waals surface area contributed by atoms with Crippen LogP contribution in [0.3, 0.4) is 0 Å². The summed E-state index contributed by atoms with van der Waals surface area (Å²) in [7, 11) is -2.33. The molecule has 4 heterocycles. The van der Waals surface area contributed by atoms with Gasteiger partial charge in [0.25, 0.3) is 0 Å². The molecule has 0 radical (unpaired) electrons. The predicted molar refractivity (Wildman–Crippen MR) is 166 cm³/mol. The average molecular weight is 649 g/mol. The lowest BCUT2D eigenvalue weighted by atomic mass is 9.68. The van der Waals surface area contributed by atoms with Crippen LogP contribution in [-0.2, 0) is 35.2 Å². The number of aromatic nitrogens is 2. The number of fused-ring (bicyclic) bond motifs is 4. The summed E-state index contributed by atoms with van der Waals surface area (Å²) in [6.45, 7) is 21.7. The Morgan fingerprint density at radius 3 is 2.24 bits per heavy atom. The van der Waals surface area contributed by atoms with Crippen LogP contribution in [0.15, 0.2) is 18.3 Å². The van der Waals surface area contributed by atoms with Crippen LogP contribution in [0.4, 0.5) is 13.2 Å². The second-order valence-corrected chi connectivity index (χ2v) is 20.1. The number of nitrogens with zero attached hydrogens (tertiary/aromatic N) is 2. The third kappa shape index (κ3) is 6.10. The Labute approximate surface area is 265 Å². The number of carbonyl (C=O) groups is 1. The van der Waals surface area contributed by atoms with Crippen LogP contribution in [0, 0.1) is 5.41 Å². The van der Waals surface area contributed by atoms with E-state index in [4.69, 9.17) is 23.6 Å². The van der Waals surface area contributed by atoms with Gasteiger partial charge in [-0.1, -0.05) is 54.5 Å². The van der Waals surface area contributed by atoms with Gasteiger partial charge in [-0.3, -0.25) is 14.8 Å². The van der Waals surface area contributed by atoms with Crippen molar-refractivity contribution in [2.45, 2.75) is 129 Å². The smallest absolute Gasteiger partial charge is 0.433 e. The van der Waals surface area contributed by atoms with E-state index >= 15 is 0 Å². The van der Waals surface area contributed by atoms with E-state index in [1.165, 1.54) is 19.2 Å². The highest BCUT2D eigenvalue weighted by Gasteiger charge is 2.56. The standard InChI is InChI=1S/C34H47F3N2O5Si/c1-19(2)27-25-26(33(13-15-41-16-14-33)43-29(25)21-11-12-23(38-18-21)34(35,36)37)24-22(44-45(9,10)31(4,5)6)17-32(7,8)30(28(24)39-27)42-20(3)40/h11-12,18-19,22,29-30H,13-17H2,1-10H3/t22?,29?,30-/m1/s1. The Balaban J connectivity index is 1.83. The Morgan fingerprint density at radius 1 is 1.09 bits per heavy atom. The Hall–Kier alpha value is -2.34. The zero-order chi connectivity index (χ0) is 33.3. The molecule has 5 rings (SSSR count). The van der Waals surface area contributed by atoms with Gasteiger partial charge in [0.15, 0.2) is 8.32 Å². The van der Waals surface area contributed by atoms with Gasteiger partial charge >= 0.3 is 12.1 Å². The molecule has 0 N–H and O–H groups in total. The number of halogens is 3. The number of hydrogen-bond donors (Lipinski definition) is 0. The summed E-state index contributed by atoms with van der Waals surface area (Å²) < 4.78 is 66.6. The van der Waals surface area contributed by atoms with Crippen LogP contribution in [-0.4, -0.2) is 37.5 Å². The lowest BCUT2D eigenvalue weighted by Gasteiger charge is -2.48. The Kier molecular flexibility index (Phi) is 8.63. The van der Waals surface area contributed by atoms with Crippen molar-refractivity contribution in [1.82, 2.24) is 9.97 Å². The van der Waals surface area contributed by atoms with Crippen LogP contribution in [0.5, 0.6) is 0 Å². The summed E-state index contributed by atoms with van der Waals surface area (Å²) >= 11 is 0. The highest BCUT2D eigenvalue weighted by Crippen LogP contribution is 2.61. The van der Waals surface area contributed by atoms with Crippen molar-refractivity contribution in [2.75, 3.05) is 13.2 Å². The first kappa shape index (κ1) is 34.0. The third-order valence-electron chi connectivity index (χ3n) is 10.1. The number of ether oxygens (including phenoxy) is 3. The number of hydrogen-bond acceptors (Lipinski definition) is 7. The van der Waals surface area contributed by atoms with Crippen molar-refractivity contribution in [3.05, 3.63) is 57.7 Å². The van der Waals surface area contributed by atoms with Crippen molar-refractivity contribution in [3.63, 3.8) is 0 Å². The maximum atomic E-state index is 13.5. The van der Waals surface area contributed by atoms with Crippen LogP contribution >= 0.6 is 0 Å². The van der Waals surface area contributed by atoms with Crippen LogP contribution in [0.25, 0.3) is 0 Å². The molecule has 2 aromatic rings. The fourth-order valence-electron chi connectivity index (χ4n) is 6.82. The van der Waals surface area contributed by atoms with E-state index < -0.39 is 43.4 Å². The first-order valence-corrected chi connectivity index (χ1v) is 18.8. The number of alkyl halides is 3. The van der Waals surface area contributed by atoms with Crippen LogP contribution in [0.2, 0.25) is 18.1 Å². The SMILES string of the molecule is CC(=O)O[C@@H]1c2nc(C(C)C)c3c(c2C(O[Si](C)(C)C(C)(C)C)CC1(C)C)C1(CCOCC1)OC3c1ccc(C(F)(F)F)nc1. The number of carbonyl (C=O) groups excluding carboxylic acids is 1. The molecule has 2 aromatic heterocycles. The Bertz CT molecular complexity index is 1440. The molecule has 0 amide bonds. The molecule has 1 saturated heterocycles. The Morgan fingerprint density at radius 2 is 1.73 bits per heavy atom. The van der Waals surface area contributed by atoms with E-state index in [1.54, 1.807) is 0 Å². The second-order valence-electron chi connectivity index (χ2n) is 15.4. The van der Waals surface area contributed by atoms with Gasteiger partial charge in [0.2, 0.25) is 0 Å². The minimum Gasteiger partial charge on any atom is -0.455 e. The summed E-state index contributed by atoms with van der Waals surface area (Å²) in [4.78, 5) is 21.6. The molecule has 45 heavy (non-hydrogen) atoms. The van der Waals surface area contributed by atoms with Gasteiger partial charge in [-0.25, -0.2) is 0 Å². The molecule has 11 heteroatoms. The lowest BCUT2D eigenvalue weighted by Crippen LogP contribution is -2.46. The van der Waals surface area contributed by atoms with Crippen molar-refractivity contribution >= 4 is 14.3 Å². The molecule has 7 nitrogen and oxygen atoms in total. The molecular formula is C34H47F3N2O5Si. The monoisotopic (exact) mass is 648 g/mol. The van der Waals surface area contributed by atoms with Crippen molar-refractivity contribution in [3.8, 4) is 0 Å². The molecule has 1 aliphatic carbocycles. The van der Waals surface area contributed by atoms with E-state index in [9.17, 15) is 18.0 Å². The van der Waals surface area contributed by atoms with Gasteiger partial charge in [-0.05, 0) is 42.1 Å². The van der Waals surface area contributed by atoms with Gasteiger partial charge in [0, 0.05) is 67.0 Å². The van der Waals surface area contributed by atoms with E-state index in [0.29, 0.717) is 43.7 Å². The topological polar surface area (TPSA) is 79.8 Å². The predicted octanol–water partition coefficient (Wildman–Crippen LogP) is 8.84. The van der Waals surface area contributed by atoms with Gasteiger partial charge in [0.1, 0.15) is 17.9 Å². The summed E-state index contributed by atoms with van der Waals surface area (Å²) in [5.74, 6) is -0.447. The summed E-state index contributed by atoms with van der Waals surface area (Å²) in [5, 5.41) is -0.0696. The molecule has 0 aromatic carbocycles. The molecule has 1 fully saturated rings. The molecule has 248 valence electrons. The fourth-order valence-corrected chi connectivity index (χ4v) is 8.09. The van der Waals surface area contributed by atoms with Crippen molar-refractivity contribution < 1.29 is 36.6 Å². The largest absolute Gasteiger partial charge is 0.455 e. The molecular weight excluding hydrogens is 601 g/mol. The first-order valence-electron chi connectivity index (χ1n) is 15.9. The summed E-state index contributed by atoms with van der Waals surface area (Å²) in [6, 6.07) is 2.47. The van der Waals surface area contributed by atoms with Crippen LogP contribution in [0.1, 0.15) is 138 Å². The van der Waals surface area contributed by atoms with Gasteiger partial charge in [0.05, 0.1) is 17.4 Å². The van der Waals surface area contributed by atoms with E-state index in [2.05, 4.69) is 52.7 Å². The van der Waals surface area contributed by atoms with E-state index in [-0.39, 0.29) is 23.0 Å². The number of pyridine rings is 2. The first-order chi connectivity index (χ1) is 20.7. The highest BCUT2D eigenvalue weighted by atomic mass is 28.4. The second kappa shape index (κ2) is 11.4. The molecule has 2 aliphatic heterocycles. The summed E-state index contributed by atoms with van der Waals surface area (Å²) in [5.41, 5.74) is 2.51. The number of rotatable bonds is 5. The molecule has 3 atom stereocenters. The normalized spacial score (nSPS) is 24.4. The third-order valence-corrected chi connectivity index (χ3v) is 14.6. The minimum absolute atomic E-state index is 0.0599. The molecule has 3 aliphatic rings. The minimum atomic E-state index is -4.55. The quantitative estimate of drug-likeness (QED) is 0.237. The zero-order valence-electron chi connectivity index (χ0n) is 28.1. The molecule has 2 unspecified atom stereocenters. The van der Waals surface area contributed by atoms with Crippen molar-refractivity contribution in [2.24, 2.45) is 5.41 Å². The van der Waals surface area contributed by atoms with Gasteiger partial charge in [-0.15, -0.1) is 0 Å². The fraction of sp³-hybridized carbons (Fsp3) is 0.676. The maximum absolute atomic E-state index is 13.5. The molecule has 0 bridgehead atoms. The maximum Gasteiger partial charge on any atom is 0.433 e. The summed E-state index contributed by atoms with van der Waals surface area (Å²) in [6.07, 6.45) is -3.20. The van der Waals surface area contributed by atoms with Crippen molar-refractivity contribution in [1.29, 1.82) is 0 Å². The van der Waals surface area contributed by atoms with Crippen LogP contribution < -0.4 is 0 Å². The highest BCUT2D eigenvalue weighted by molar-refractivity contribution is 6.74. The molecule has 1 spiro atoms. The lowest BCUT2D eigenvalue weighted by molar-refractivity contribution is -0.156. The van der Waals surface area contributed by atoms with Gasteiger partial charge < -0.3 is 18.6 Å². The van der Waals surface area contributed by atoms with E-state index in [0.717, 1.165) is 28.5 Å². The van der Waals surface area contributed by atoms with E-state index in [1.807, 2.05) is 13.8 Å². The number of esters is 1. The molecule has 0 saturated carbocycles. The van der Waals surface area contributed by atoms with Gasteiger partial charge in [-0.2, -0.15) is 13.2 Å². The average Bonchev–Trinajstić information content (AvgIpc) is 3.23.